The largest absolute Gasteiger partial charge is 0.450 e. The molecule has 1 aromatic heterocycles. The fourth-order valence-corrected chi connectivity index (χ4v) is 3.50. The number of aliphatic imine (C=N–C) groups is 1. The number of hydrogen-bond acceptors (Lipinski definition) is 5. The monoisotopic (exact) mass is 397 g/mol. The number of ether oxygens (including phenoxy) is 1. The number of rotatable bonds is 10. The van der Waals surface area contributed by atoms with Gasteiger partial charge < -0.3 is 20.7 Å². The molecule has 27 heavy (non-hydrogen) atoms. The molecule has 0 spiro atoms. The molecule has 1 rings (SSSR count). The molecule has 0 aliphatic heterocycles. The van der Waals surface area contributed by atoms with Gasteiger partial charge in [0.1, 0.15) is 0 Å². The van der Waals surface area contributed by atoms with Crippen molar-refractivity contribution in [2.24, 2.45) is 10.9 Å². The van der Waals surface area contributed by atoms with Crippen molar-refractivity contribution >= 4 is 23.4 Å². The molecule has 0 aliphatic carbocycles. The molecule has 0 bridgehead atoms. The van der Waals surface area contributed by atoms with E-state index >= 15 is 0 Å². The van der Waals surface area contributed by atoms with Gasteiger partial charge in [-0.2, -0.15) is 0 Å². The Morgan fingerprint density at radius 3 is 2.56 bits per heavy atom. The smallest absolute Gasteiger partial charge is 0.407 e. The number of aromatic nitrogens is 1. The van der Waals surface area contributed by atoms with Crippen molar-refractivity contribution in [1.82, 2.24) is 20.9 Å². The van der Waals surface area contributed by atoms with E-state index in [9.17, 15) is 4.79 Å². The molecule has 8 heteroatoms. The Bertz CT molecular complexity index is 581. The van der Waals surface area contributed by atoms with Gasteiger partial charge in [0.05, 0.1) is 29.9 Å². The van der Waals surface area contributed by atoms with Gasteiger partial charge in [-0.1, -0.05) is 13.8 Å². The molecule has 0 saturated heterocycles. The van der Waals surface area contributed by atoms with Crippen LogP contribution < -0.4 is 16.0 Å². The molecule has 0 aromatic carbocycles. The van der Waals surface area contributed by atoms with Crippen molar-refractivity contribution in [3.05, 3.63) is 15.6 Å². The zero-order valence-electron chi connectivity index (χ0n) is 17.5. The van der Waals surface area contributed by atoms with Gasteiger partial charge in [-0.15, -0.1) is 11.3 Å². The summed E-state index contributed by atoms with van der Waals surface area (Å²) in [5, 5.41) is 10.6. The van der Waals surface area contributed by atoms with Crippen LogP contribution in [-0.2, 0) is 11.2 Å². The molecular formula is C19H35N5O2S. The first-order valence-corrected chi connectivity index (χ1v) is 10.6. The minimum Gasteiger partial charge on any atom is -0.450 e. The van der Waals surface area contributed by atoms with Crippen molar-refractivity contribution in [2.45, 2.75) is 60.4 Å². The average Bonchev–Trinajstić information content (AvgIpc) is 2.90. The summed E-state index contributed by atoms with van der Waals surface area (Å²) in [7, 11) is 0. The van der Waals surface area contributed by atoms with Gasteiger partial charge in [0.2, 0.25) is 0 Å². The zero-order chi connectivity index (χ0) is 20.2. The first-order valence-electron chi connectivity index (χ1n) is 9.74. The highest BCUT2D eigenvalue weighted by Crippen LogP contribution is 2.16. The van der Waals surface area contributed by atoms with Gasteiger partial charge in [0.25, 0.3) is 0 Å². The third kappa shape index (κ3) is 9.60. The molecule has 0 fully saturated rings. The van der Waals surface area contributed by atoms with Crippen LogP contribution in [0.3, 0.4) is 0 Å². The molecule has 0 radical (unpaired) electrons. The predicted molar refractivity (Wildman–Crippen MR) is 113 cm³/mol. The molecule has 1 aromatic rings. The summed E-state index contributed by atoms with van der Waals surface area (Å²) in [5.41, 5.74) is 1.11. The van der Waals surface area contributed by atoms with Crippen molar-refractivity contribution in [3.63, 3.8) is 0 Å². The highest BCUT2D eigenvalue weighted by Gasteiger charge is 2.15. The summed E-state index contributed by atoms with van der Waals surface area (Å²) in [6, 6.07) is -0.0521. The van der Waals surface area contributed by atoms with Gasteiger partial charge in [-0.05, 0) is 40.0 Å². The Morgan fingerprint density at radius 2 is 2.00 bits per heavy atom. The van der Waals surface area contributed by atoms with Gasteiger partial charge in [-0.25, -0.2) is 9.78 Å². The van der Waals surface area contributed by atoms with E-state index in [1.54, 1.807) is 18.3 Å². The van der Waals surface area contributed by atoms with Gasteiger partial charge >= 0.3 is 6.09 Å². The third-order valence-corrected chi connectivity index (χ3v) is 5.00. The number of hydrogen-bond donors (Lipinski definition) is 3. The van der Waals surface area contributed by atoms with E-state index in [2.05, 4.69) is 46.7 Å². The van der Waals surface area contributed by atoms with Crippen molar-refractivity contribution in [3.8, 4) is 0 Å². The standard InChI is InChI=1S/C19H35N5O2S/c1-7-20-18(21-10-9-17-23-14(5)15(6)27-17)22-12-16(11-13(3)4)24-19(25)26-8-2/h13,16H,7-12H2,1-6H3,(H,24,25)(H2,20,21,22). The molecule has 0 saturated carbocycles. The van der Waals surface area contributed by atoms with E-state index in [-0.39, 0.29) is 12.1 Å². The maximum Gasteiger partial charge on any atom is 0.407 e. The van der Waals surface area contributed by atoms with Crippen LogP contribution in [0.25, 0.3) is 0 Å². The van der Waals surface area contributed by atoms with Crippen LogP contribution in [0.1, 0.15) is 49.7 Å². The molecule has 1 unspecified atom stereocenters. The number of thiazole rings is 1. The van der Waals surface area contributed by atoms with Crippen LogP contribution in [0, 0.1) is 19.8 Å². The molecule has 1 atom stereocenters. The van der Waals surface area contributed by atoms with Crippen LogP contribution in [0.5, 0.6) is 0 Å². The summed E-state index contributed by atoms with van der Waals surface area (Å²) in [4.78, 5) is 22.2. The molecule has 7 nitrogen and oxygen atoms in total. The summed E-state index contributed by atoms with van der Waals surface area (Å²) in [5.74, 6) is 1.21. The van der Waals surface area contributed by atoms with Crippen LogP contribution in [0.2, 0.25) is 0 Å². The Kier molecular flexibility index (Phi) is 10.8. The number of nitrogens with one attached hydrogen (secondary N) is 3. The average molecular weight is 398 g/mol. The molecule has 1 amide bonds. The Balaban J connectivity index is 2.60. The SMILES string of the molecule is CCNC(=NCC(CC(C)C)NC(=O)OCC)NCCc1nc(C)c(C)s1. The first kappa shape index (κ1) is 23.2. The van der Waals surface area contributed by atoms with Crippen molar-refractivity contribution < 1.29 is 9.53 Å². The Labute approximate surface area is 167 Å². The number of aryl methyl sites for hydroxylation is 2. The van der Waals surface area contributed by atoms with E-state index in [0.717, 1.165) is 42.6 Å². The lowest BCUT2D eigenvalue weighted by atomic mass is 10.0. The lowest BCUT2D eigenvalue weighted by Crippen LogP contribution is -2.42. The molecule has 154 valence electrons. The van der Waals surface area contributed by atoms with Gasteiger partial charge in [0.15, 0.2) is 5.96 Å². The highest BCUT2D eigenvalue weighted by atomic mass is 32.1. The van der Waals surface area contributed by atoms with Crippen LogP contribution in [0.15, 0.2) is 4.99 Å². The number of guanidine groups is 1. The second kappa shape index (κ2) is 12.5. The zero-order valence-corrected chi connectivity index (χ0v) is 18.3. The van der Waals surface area contributed by atoms with Gasteiger partial charge in [-0.3, -0.25) is 4.99 Å². The maximum absolute atomic E-state index is 11.7. The molecule has 3 N–H and O–H groups in total. The maximum atomic E-state index is 11.7. The molecule has 1 heterocycles. The van der Waals surface area contributed by atoms with Crippen molar-refractivity contribution in [2.75, 3.05) is 26.2 Å². The Hall–Kier alpha value is -1.83. The lowest BCUT2D eigenvalue weighted by Gasteiger charge is -2.19. The minimum atomic E-state index is -0.384. The Morgan fingerprint density at radius 1 is 1.26 bits per heavy atom. The minimum absolute atomic E-state index is 0.0521. The van der Waals surface area contributed by atoms with Crippen LogP contribution >= 0.6 is 11.3 Å². The summed E-state index contributed by atoms with van der Waals surface area (Å²) < 4.78 is 5.00. The van der Waals surface area contributed by atoms with E-state index in [1.807, 2.05) is 13.8 Å². The number of nitrogens with zero attached hydrogens (tertiary/aromatic N) is 2. The second-order valence-corrected chi connectivity index (χ2v) is 8.12. The quantitative estimate of drug-likeness (QED) is 0.417. The van der Waals surface area contributed by atoms with Crippen molar-refractivity contribution in [1.29, 1.82) is 0 Å². The predicted octanol–water partition coefficient (Wildman–Crippen LogP) is 3.02. The van der Waals surface area contributed by atoms with E-state index in [4.69, 9.17) is 4.74 Å². The summed E-state index contributed by atoms with van der Waals surface area (Å²) in [6.07, 6.45) is 1.32. The highest BCUT2D eigenvalue weighted by molar-refractivity contribution is 7.11. The topological polar surface area (TPSA) is 87.6 Å². The normalized spacial score (nSPS) is 12.8. The second-order valence-electron chi connectivity index (χ2n) is 6.84. The fourth-order valence-electron chi connectivity index (χ4n) is 2.56. The lowest BCUT2D eigenvalue weighted by molar-refractivity contribution is 0.147. The summed E-state index contributed by atoms with van der Waals surface area (Å²) in [6.45, 7) is 14.6. The number of amides is 1. The number of alkyl carbamates (subject to hydrolysis) is 1. The van der Waals surface area contributed by atoms with Gasteiger partial charge in [0, 0.05) is 24.4 Å². The number of carbonyl (C=O) groups is 1. The van der Waals surface area contributed by atoms with Crippen LogP contribution in [-0.4, -0.2) is 49.3 Å². The fraction of sp³-hybridized carbons (Fsp3) is 0.737. The third-order valence-electron chi connectivity index (χ3n) is 3.87. The first-order chi connectivity index (χ1) is 12.8. The van der Waals surface area contributed by atoms with E-state index < -0.39 is 0 Å². The van der Waals surface area contributed by atoms with E-state index in [1.165, 1.54) is 4.88 Å². The van der Waals surface area contributed by atoms with Crippen LogP contribution in [0.4, 0.5) is 4.79 Å². The molecule has 0 aliphatic rings. The number of carbonyl (C=O) groups excluding carboxylic acids is 1. The molecular weight excluding hydrogens is 362 g/mol. The van der Waals surface area contributed by atoms with E-state index in [0.29, 0.717) is 19.1 Å². The summed E-state index contributed by atoms with van der Waals surface area (Å²) >= 11 is 1.74.